The number of carbonyl (C=O) groups excluding carboxylic acids is 1. The monoisotopic (exact) mass is 515 g/mol. The maximum absolute atomic E-state index is 12.2. The number of hydrazine groups is 1. The van der Waals surface area contributed by atoms with Crippen LogP contribution < -0.4 is 20.9 Å². The van der Waals surface area contributed by atoms with E-state index in [0.29, 0.717) is 17.2 Å². The van der Waals surface area contributed by atoms with Gasteiger partial charge in [-0.15, -0.1) is 11.8 Å². The molecule has 0 radical (unpaired) electrons. The number of ether oxygens (including phenoxy) is 1. The molecule has 0 saturated heterocycles. The fourth-order valence-electron chi connectivity index (χ4n) is 3.83. The van der Waals surface area contributed by atoms with Crippen LogP contribution in [0.4, 0.5) is 10.5 Å². The first-order chi connectivity index (χ1) is 17.6. The molecule has 4 N–H and O–H groups in total. The summed E-state index contributed by atoms with van der Waals surface area (Å²) >= 11 is 1.82. The smallest absolute Gasteiger partial charge is 0.333 e. The SMILES string of the molecule is CCCCCCCCCCCCCCSC(C)NNC(=O)Nc1ccc(Oc2ccc(O)cc2)cc1. The van der Waals surface area contributed by atoms with E-state index >= 15 is 0 Å². The van der Waals surface area contributed by atoms with Gasteiger partial charge in [-0.1, -0.05) is 77.6 Å². The molecule has 1 atom stereocenters. The van der Waals surface area contributed by atoms with E-state index in [-0.39, 0.29) is 17.2 Å². The molecule has 2 rings (SSSR count). The van der Waals surface area contributed by atoms with Gasteiger partial charge in [0.05, 0.1) is 5.37 Å². The van der Waals surface area contributed by atoms with E-state index in [0.717, 1.165) is 5.75 Å². The standard InChI is InChI=1S/C29H45N3O3S/c1-3-4-5-6-7-8-9-10-11-12-13-14-23-36-24(2)31-32-29(34)30-25-15-19-27(20-16-25)35-28-21-17-26(33)18-22-28/h15-22,24,31,33H,3-14,23H2,1-2H3,(H2,30,32,34). The summed E-state index contributed by atoms with van der Waals surface area (Å²) in [5.41, 5.74) is 6.43. The Hall–Kier alpha value is -2.38. The summed E-state index contributed by atoms with van der Waals surface area (Å²) in [6, 6.07) is 13.3. The summed E-state index contributed by atoms with van der Waals surface area (Å²) in [6.07, 6.45) is 16.3. The van der Waals surface area contributed by atoms with Gasteiger partial charge in [0, 0.05) is 5.69 Å². The van der Waals surface area contributed by atoms with Crippen LogP contribution in [0.15, 0.2) is 48.5 Å². The van der Waals surface area contributed by atoms with Crippen LogP contribution in [0.1, 0.15) is 90.9 Å². The lowest BCUT2D eigenvalue weighted by atomic mass is 10.1. The Morgan fingerprint density at radius 3 is 1.86 bits per heavy atom. The number of nitrogens with one attached hydrogen (secondary N) is 3. The molecule has 0 aliphatic carbocycles. The van der Waals surface area contributed by atoms with Gasteiger partial charge in [0.15, 0.2) is 0 Å². The van der Waals surface area contributed by atoms with E-state index in [2.05, 4.69) is 30.0 Å². The zero-order chi connectivity index (χ0) is 25.8. The summed E-state index contributed by atoms with van der Waals surface area (Å²) in [7, 11) is 0. The number of rotatable bonds is 19. The lowest BCUT2D eigenvalue weighted by Gasteiger charge is -2.15. The molecular weight excluding hydrogens is 470 g/mol. The number of hydrogen-bond acceptors (Lipinski definition) is 5. The number of hydrogen-bond donors (Lipinski definition) is 4. The van der Waals surface area contributed by atoms with Crippen LogP contribution in [0.25, 0.3) is 0 Å². The minimum Gasteiger partial charge on any atom is -0.508 e. The molecule has 0 aliphatic rings. The van der Waals surface area contributed by atoms with Crippen LogP contribution in [0.5, 0.6) is 17.2 Å². The molecule has 0 aliphatic heterocycles. The van der Waals surface area contributed by atoms with Gasteiger partial charge < -0.3 is 15.2 Å². The van der Waals surface area contributed by atoms with Crippen molar-refractivity contribution in [1.29, 1.82) is 0 Å². The maximum Gasteiger partial charge on any atom is 0.333 e. The number of amides is 2. The molecule has 0 bridgehead atoms. The number of carbonyl (C=O) groups is 1. The lowest BCUT2D eigenvalue weighted by molar-refractivity contribution is 0.248. The van der Waals surface area contributed by atoms with Gasteiger partial charge in [-0.3, -0.25) is 5.43 Å². The van der Waals surface area contributed by atoms with Gasteiger partial charge in [0.2, 0.25) is 0 Å². The quantitative estimate of drug-likeness (QED) is 0.0855. The largest absolute Gasteiger partial charge is 0.508 e. The van der Waals surface area contributed by atoms with Crippen molar-refractivity contribution in [3.8, 4) is 17.2 Å². The number of phenols is 1. The van der Waals surface area contributed by atoms with Crippen LogP contribution in [-0.2, 0) is 0 Å². The minimum absolute atomic E-state index is 0.143. The number of phenolic OH excluding ortho intramolecular Hbond substituents is 1. The van der Waals surface area contributed by atoms with E-state index in [4.69, 9.17) is 4.74 Å². The molecule has 6 nitrogen and oxygen atoms in total. The van der Waals surface area contributed by atoms with Gasteiger partial charge in [0.25, 0.3) is 0 Å². The Morgan fingerprint density at radius 1 is 0.806 bits per heavy atom. The van der Waals surface area contributed by atoms with Crippen molar-refractivity contribution in [1.82, 2.24) is 10.9 Å². The van der Waals surface area contributed by atoms with Gasteiger partial charge in [-0.25, -0.2) is 10.2 Å². The maximum atomic E-state index is 12.2. The van der Waals surface area contributed by atoms with Crippen molar-refractivity contribution in [3.63, 3.8) is 0 Å². The Labute approximate surface area is 222 Å². The van der Waals surface area contributed by atoms with Crippen molar-refractivity contribution in [2.75, 3.05) is 11.1 Å². The van der Waals surface area contributed by atoms with E-state index in [1.807, 2.05) is 11.8 Å². The van der Waals surface area contributed by atoms with Crippen LogP contribution in [0, 0.1) is 0 Å². The average Bonchev–Trinajstić information content (AvgIpc) is 2.88. The number of urea groups is 1. The molecule has 7 heteroatoms. The van der Waals surface area contributed by atoms with Crippen LogP contribution in [0.3, 0.4) is 0 Å². The van der Waals surface area contributed by atoms with Crippen molar-refractivity contribution in [2.24, 2.45) is 0 Å². The molecule has 0 aromatic heterocycles. The Balaban J connectivity index is 1.46. The molecule has 2 aromatic rings. The van der Waals surface area contributed by atoms with Crippen LogP contribution >= 0.6 is 11.8 Å². The molecule has 200 valence electrons. The van der Waals surface area contributed by atoms with Crippen LogP contribution in [0.2, 0.25) is 0 Å². The van der Waals surface area contributed by atoms with Gasteiger partial charge in [-0.05, 0) is 67.6 Å². The van der Waals surface area contributed by atoms with Crippen molar-refractivity contribution in [2.45, 2.75) is 96.3 Å². The zero-order valence-electron chi connectivity index (χ0n) is 22.1. The number of anilines is 1. The number of unbranched alkanes of at least 4 members (excludes halogenated alkanes) is 11. The Morgan fingerprint density at radius 2 is 1.31 bits per heavy atom. The number of aromatic hydroxyl groups is 1. The third-order valence-corrected chi connectivity index (χ3v) is 7.08. The van der Waals surface area contributed by atoms with E-state index in [1.54, 1.807) is 48.5 Å². The normalized spacial score (nSPS) is 11.7. The minimum atomic E-state index is -0.306. The predicted octanol–water partition coefficient (Wildman–Crippen LogP) is 8.59. The molecular formula is C29H45N3O3S. The van der Waals surface area contributed by atoms with Crippen molar-refractivity contribution < 1.29 is 14.6 Å². The van der Waals surface area contributed by atoms with Crippen molar-refractivity contribution in [3.05, 3.63) is 48.5 Å². The highest BCUT2D eigenvalue weighted by atomic mass is 32.2. The Kier molecular flexibility index (Phi) is 15.6. The van der Waals surface area contributed by atoms with Crippen molar-refractivity contribution >= 4 is 23.5 Å². The topological polar surface area (TPSA) is 82.6 Å². The van der Waals surface area contributed by atoms with E-state index in [1.165, 1.54) is 77.0 Å². The fourth-order valence-corrected chi connectivity index (χ4v) is 4.70. The average molecular weight is 516 g/mol. The third kappa shape index (κ3) is 14.2. The fraction of sp³-hybridized carbons (Fsp3) is 0.552. The second-order valence-electron chi connectivity index (χ2n) is 9.25. The first kappa shape index (κ1) is 29.8. The van der Waals surface area contributed by atoms with E-state index in [9.17, 15) is 9.90 Å². The zero-order valence-corrected chi connectivity index (χ0v) is 22.9. The lowest BCUT2D eigenvalue weighted by Crippen LogP contribution is -2.44. The summed E-state index contributed by atoms with van der Waals surface area (Å²) < 4.78 is 5.72. The molecule has 0 saturated carbocycles. The highest BCUT2D eigenvalue weighted by Gasteiger charge is 2.06. The van der Waals surface area contributed by atoms with Crippen LogP contribution in [-0.4, -0.2) is 22.3 Å². The van der Waals surface area contributed by atoms with Gasteiger partial charge >= 0.3 is 6.03 Å². The summed E-state index contributed by atoms with van der Waals surface area (Å²) in [5.74, 6) is 2.56. The number of benzene rings is 2. The second kappa shape index (κ2) is 18.8. The van der Waals surface area contributed by atoms with Gasteiger partial charge in [-0.2, -0.15) is 0 Å². The molecule has 0 fully saturated rings. The van der Waals surface area contributed by atoms with Gasteiger partial charge in [0.1, 0.15) is 17.2 Å². The third-order valence-electron chi connectivity index (χ3n) is 5.94. The number of thioether (sulfide) groups is 1. The molecule has 0 spiro atoms. The molecule has 2 aromatic carbocycles. The summed E-state index contributed by atoms with van der Waals surface area (Å²) in [5, 5.41) is 12.3. The first-order valence-electron chi connectivity index (χ1n) is 13.6. The predicted molar refractivity (Wildman–Crippen MR) is 153 cm³/mol. The Bertz CT molecular complexity index is 831. The summed E-state index contributed by atoms with van der Waals surface area (Å²) in [6.45, 7) is 4.33. The summed E-state index contributed by atoms with van der Waals surface area (Å²) in [4.78, 5) is 12.2. The highest BCUT2D eigenvalue weighted by Crippen LogP contribution is 2.24. The highest BCUT2D eigenvalue weighted by molar-refractivity contribution is 7.99. The molecule has 1 unspecified atom stereocenters. The second-order valence-corrected chi connectivity index (χ2v) is 10.7. The molecule has 36 heavy (non-hydrogen) atoms. The molecule has 2 amide bonds. The first-order valence-corrected chi connectivity index (χ1v) is 14.6. The molecule has 0 heterocycles. The van der Waals surface area contributed by atoms with E-state index < -0.39 is 0 Å².